The number of aryl methyl sites for hydroxylation is 1. The summed E-state index contributed by atoms with van der Waals surface area (Å²) in [5, 5.41) is 0. The van der Waals surface area contributed by atoms with Crippen LogP contribution in [-0.4, -0.2) is 46.6 Å². The van der Waals surface area contributed by atoms with E-state index < -0.39 is 0 Å². The second-order valence-electron chi connectivity index (χ2n) is 6.78. The molecule has 0 bridgehead atoms. The van der Waals surface area contributed by atoms with Crippen molar-refractivity contribution in [2.75, 3.05) is 30.3 Å². The first-order valence-corrected chi connectivity index (χ1v) is 8.87. The molecular weight excluding hydrogens is 310 g/mol. The maximum Gasteiger partial charge on any atom is 0.151 e. The third kappa shape index (κ3) is 3.31. The van der Waals surface area contributed by atoms with Gasteiger partial charge in [0.1, 0.15) is 5.69 Å². The minimum atomic E-state index is 0.329. The Kier molecular flexibility index (Phi) is 4.29. The van der Waals surface area contributed by atoms with Crippen molar-refractivity contribution in [3.63, 3.8) is 0 Å². The van der Waals surface area contributed by atoms with Crippen LogP contribution in [0.2, 0.25) is 0 Å². The molecule has 0 spiro atoms. The summed E-state index contributed by atoms with van der Waals surface area (Å²) < 4.78 is 0. The van der Waals surface area contributed by atoms with Gasteiger partial charge in [-0.25, -0.2) is 9.97 Å². The number of rotatable bonds is 1. The van der Waals surface area contributed by atoms with Crippen LogP contribution < -0.4 is 10.6 Å². The lowest BCUT2D eigenvalue weighted by molar-refractivity contribution is 0.203. The molecule has 4 rings (SSSR count). The molecule has 4 heterocycles. The van der Waals surface area contributed by atoms with Gasteiger partial charge in [-0.05, 0) is 50.0 Å². The summed E-state index contributed by atoms with van der Waals surface area (Å²) in [6.07, 6.45) is 4.11. The van der Waals surface area contributed by atoms with Crippen LogP contribution in [0.3, 0.4) is 0 Å². The highest BCUT2D eigenvalue weighted by Gasteiger charge is 2.37. The molecule has 5 nitrogen and oxygen atoms in total. The molecule has 0 aliphatic carbocycles. The van der Waals surface area contributed by atoms with Gasteiger partial charge in [-0.3, -0.25) is 4.90 Å². The van der Waals surface area contributed by atoms with E-state index in [-0.39, 0.29) is 0 Å². The Balaban J connectivity index is 1.45. The summed E-state index contributed by atoms with van der Waals surface area (Å²) in [6, 6.07) is 10.7. The van der Waals surface area contributed by atoms with E-state index in [1.54, 1.807) is 0 Å². The Morgan fingerprint density at radius 3 is 2.92 bits per heavy atom. The van der Waals surface area contributed by atoms with Crippen molar-refractivity contribution in [3.05, 3.63) is 47.9 Å². The number of aromatic nitrogens is 2. The van der Waals surface area contributed by atoms with Crippen LogP contribution in [-0.2, 0) is 0 Å². The smallest absolute Gasteiger partial charge is 0.151 e. The molecular formula is C20H23N5. The number of nitrogens with two attached hydrogens (primary N) is 1. The molecule has 2 N–H and O–H groups in total. The maximum atomic E-state index is 6.09. The Morgan fingerprint density at radius 1 is 1.16 bits per heavy atom. The molecule has 2 saturated heterocycles. The molecule has 0 unspecified atom stereocenters. The van der Waals surface area contributed by atoms with Crippen molar-refractivity contribution in [2.24, 2.45) is 0 Å². The maximum absolute atomic E-state index is 6.09. The molecule has 0 saturated carbocycles. The quantitative estimate of drug-likeness (QED) is 0.810. The van der Waals surface area contributed by atoms with Gasteiger partial charge in [0.05, 0.1) is 11.7 Å². The summed E-state index contributed by atoms with van der Waals surface area (Å²) in [5.41, 5.74) is 8.73. The topological polar surface area (TPSA) is 58.3 Å². The number of hydrogen-bond donors (Lipinski definition) is 1. The van der Waals surface area contributed by atoms with Gasteiger partial charge in [-0.1, -0.05) is 12.0 Å². The fourth-order valence-corrected chi connectivity index (χ4v) is 3.84. The second kappa shape index (κ2) is 6.73. The summed E-state index contributed by atoms with van der Waals surface area (Å²) in [7, 11) is 0. The fourth-order valence-electron chi connectivity index (χ4n) is 3.84. The average Bonchev–Trinajstić information content (AvgIpc) is 3.03. The van der Waals surface area contributed by atoms with E-state index in [2.05, 4.69) is 31.6 Å². The van der Waals surface area contributed by atoms with E-state index in [4.69, 9.17) is 5.73 Å². The SMILES string of the molecule is Cc1cccc(C#C[C@H]2CC[C@H]3CN(c4ncccc4N)CCN32)n1. The predicted octanol–water partition coefficient (Wildman–Crippen LogP) is 2.07. The van der Waals surface area contributed by atoms with Crippen molar-refractivity contribution in [1.82, 2.24) is 14.9 Å². The number of anilines is 2. The molecule has 2 aliphatic heterocycles. The summed E-state index contributed by atoms with van der Waals surface area (Å²) in [6.45, 7) is 4.92. The van der Waals surface area contributed by atoms with Crippen molar-refractivity contribution in [3.8, 4) is 11.8 Å². The van der Waals surface area contributed by atoms with Crippen LogP contribution >= 0.6 is 0 Å². The first-order valence-electron chi connectivity index (χ1n) is 8.87. The standard InChI is InChI=1S/C20H23N5/c1-15-4-2-5-16(23-15)7-8-17-9-10-18-14-24(12-13-25(17)18)20-19(21)6-3-11-22-20/h2-6,11,17-18H,9-10,12-14,21H2,1H3/t17-,18-/m0/s1. The zero-order valence-electron chi connectivity index (χ0n) is 14.5. The minimum Gasteiger partial charge on any atom is -0.396 e. The highest BCUT2D eigenvalue weighted by atomic mass is 15.3. The predicted molar refractivity (Wildman–Crippen MR) is 100 cm³/mol. The second-order valence-corrected chi connectivity index (χ2v) is 6.78. The van der Waals surface area contributed by atoms with Crippen LogP contribution in [0.15, 0.2) is 36.5 Å². The molecule has 0 amide bonds. The minimum absolute atomic E-state index is 0.329. The fraction of sp³-hybridized carbons (Fsp3) is 0.400. The Morgan fingerprint density at radius 2 is 2.08 bits per heavy atom. The molecule has 25 heavy (non-hydrogen) atoms. The Hall–Kier alpha value is -2.58. The molecule has 0 aromatic carbocycles. The lowest BCUT2D eigenvalue weighted by Crippen LogP contribution is -2.52. The molecule has 128 valence electrons. The molecule has 5 heteroatoms. The van der Waals surface area contributed by atoms with Crippen molar-refractivity contribution < 1.29 is 0 Å². The molecule has 2 aliphatic rings. The van der Waals surface area contributed by atoms with Gasteiger partial charge < -0.3 is 10.6 Å². The molecule has 0 radical (unpaired) electrons. The highest BCUT2D eigenvalue weighted by Crippen LogP contribution is 2.30. The number of pyridine rings is 2. The van der Waals surface area contributed by atoms with E-state index in [0.29, 0.717) is 12.1 Å². The van der Waals surface area contributed by atoms with Gasteiger partial charge in [0.25, 0.3) is 0 Å². The van der Waals surface area contributed by atoms with Gasteiger partial charge in [-0.15, -0.1) is 0 Å². The summed E-state index contributed by atoms with van der Waals surface area (Å²) in [5.74, 6) is 7.63. The number of nitrogens with zero attached hydrogens (tertiary/aromatic N) is 4. The molecule has 2 fully saturated rings. The van der Waals surface area contributed by atoms with Crippen molar-refractivity contribution in [1.29, 1.82) is 0 Å². The van der Waals surface area contributed by atoms with Crippen LogP contribution in [0.4, 0.5) is 11.5 Å². The number of nitrogen functional groups attached to an aromatic ring is 1. The summed E-state index contributed by atoms with van der Waals surface area (Å²) in [4.78, 5) is 13.8. The summed E-state index contributed by atoms with van der Waals surface area (Å²) >= 11 is 0. The van der Waals surface area contributed by atoms with Gasteiger partial charge in [0.15, 0.2) is 5.82 Å². The van der Waals surface area contributed by atoms with Gasteiger partial charge in [0, 0.05) is 37.6 Å². The van der Waals surface area contributed by atoms with Crippen LogP contribution in [0, 0.1) is 18.8 Å². The van der Waals surface area contributed by atoms with E-state index >= 15 is 0 Å². The Labute approximate surface area is 148 Å². The zero-order valence-corrected chi connectivity index (χ0v) is 14.5. The van der Waals surface area contributed by atoms with Crippen molar-refractivity contribution >= 4 is 11.5 Å². The van der Waals surface area contributed by atoms with Crippen LogP contribution in [0.1, 0.15) is 24.2 Å². The van der Waals surface area contributed by atoms with Crippen molar-refractivity contribution in [2.45, 2.75) is 31.8 Å². The molecule has 2 aromatic rings. The lowest BCUT2D eigenvalue weighted by Gasteiger charge is -2.39. The lowest BCUT2D eigenvalue weighted by atomic mass is 10.1. The van der Waals surface area contributed by atoms with E-state index in [0.717, 1.165) is 48.9 Å². The van der Waals surface area contributed by atoms with Gasteiger partial charge >= 0.3 is 0 Å². The van der Waals surface area contributed by atoms with Crippen LogP contribution in [0.5, 0.6) is 0 Å². The number of hydrogen-bond acceptors (Lipinski definition) is 5. The normalized spacial score (nSPS) is 23.0. The zero-order chi connectivity index (χ0) is 17.2. The first kappa shape index (κ1) is 15.9. The van der Waals surface area contributed by atoms with E-state index in [9.17, 15) is 0 Å². The third-order valence-electron chi connectivity index (χ3n) is 5.07. The number of piperazine rings is 1. The monoisotopic (exact) mass is 333 g/mol. The Bertz CT molecular complexity index is 822. The largest absolute Gasteiger partial charge is 0.396 e. The van der Waals surface area contributed by atoms with E-state index in [1.165, 1.54) is 6.42 Å². The average molecular weight is 333 g/mol. The first-order chi connectivity index (χ1) is 12.2. The van der Waals surface area contributed by atoms with Crippen LogP contribution in [0.25, 0.3) is 0 Å². The molecule has 2 aromatic heterocycles. The van der Waals surface area contributed by atoms with E-state index in [1.807, 2.05) is 43.5 Å². The van der Waals surface area contributed by atoms with Gasteiger partial charge in [-0.2, -0.15) is 0 Å². The van der Waals surface area contributed by atoms with Gasteiger partial charge in [0.2, 0.25) is 0 Å². The highest BCUT2D eigenvalue weighted by molar-refractivity contribution is 5.62. The molecule has 2 atom stereocenters. The third-order valence-corrected chi connectivity index (χ3v) is 5.07. The number of fused-ring (bicyclic) bond motifs is 1.